The predicted molar refractivity (Wildman–Crippen MR) is 97.0 cm³/mol. The summed E-state index contributed by atoms with van der Waals surface area (Å²) in [6, 6.07) is 6.55. The van der Waals surface area contributed by atoms with Gasteiger partial charge in [0.05, 0.1) is 37.0 Å². The molecule has 0 saturated heterocycles. The van der Waals surface area contributed by atoms with Gasteiger partial charge >= 0.3 is 6.18 Å². The molecule has 2 N–H and O–H groups in total. The highest BCUT2D eigenvalue weighted by Gasteiger charge is 2.30. The first-order valence-corrected chi connectivity index (χ1v) is 8.20. The number of amides is 2. The first-order valence-electron chi connectivity index (χ1n) is 7.82. The SMILES string of the molecule is COc1cc(OC)c(NC(=O)CNC(=O)c2ccc(C(F)(F)F)cc2)cc1Cl. The van der Waals surface area contributed by atoms with Crippen LogP contribution in [0.3, 0.4) is 0 Å². The van der Waals surface area contributed by atoms with Crippen LogP contribution >= 0.6 is 11.6 Å². The fourth-order valence-electron chi connectivity index (χ4n) is 2.23. The lowest BCUT2D eigenvalue weighted by Crippen LogP contribution is -2.33. The molecule has 0 unspecified atom stereocenters. The molecule has 6 nitrogen and oxygen atoms in total. The van der Waals surface area contributed by atoms with Gasteiger partial charge in [0, 0.05) is 11.6 Å². The maximum absolute atomic E-state index is 12.5. The van der Waals surface area contributed by atoms with Crippen molar-refractivity contribution < 1.29 is 32.2 Å². The topological polar surface area (TPSA) is 76.7 Å². The molecule has 2 amide bonds. The molecule has 0 aromatic heterocycles. The molecule has 0 heterocycles. The van der Waals surface area contributed by atoms with Crippen LogP contribution in [0.25, 0.3) is 0 Å². The van der Waals surface area contributed by atoms with Crippen molar-refractivity contribution in [3.05, 3.63) is 52.5 Å². The van der Waals surface area contributed by atoms with Crippen molar-refractivity contribution in [3.63, 3.8) is 0 Å². The smallest absolute Gasteiger partial charge is 0.416 e. The Bertz CT molecular complexity index is 870. The Kier molecular flexibility index (Phi) is 6.74. The molecular formula is C18H16ClF3N2O4. The molecule has 10 heteroatoms. The van der Waals surface area contributed by atoms with Gasteiger partial charge in [0.1, 0.15) is 11.5 Å². The van der Waals surface area contributed by atoms with Gasteiger partial charge in [-0.1, -0.05) is 11.6 Å². The van der Waals surface area contributed by atoms with E-state index in [1.165, 1.54) is 26.4 Å². The third kappa shape index (κ3) is 5.29. The first-order chi connectivity index (χ1) is 13.2. The molecule has 0 bridgehead atoms. The van der Waals surface area contributed by atoms with Gasteiger partial charge in [-0.05, 0) is 30.3 Å². The van der Waals surface area contributed by atoms with Crippen molar-refractivity contribution in [2.45, 2.75) is 6.18 Å². The van der Waals surface area contributed by atoms with Gasteiger partial charge in [-0.3, -0.25) is 9.59 Å². The highest BCUT2D eigenvalue weighted by atomic mass is 35.5. The second-order valence-corrected chi connectivity index (χ2v) is 5.90. The van der Waals surface area contributed by atoms with Crippen LogP contribution in [0.1, 0.15) is 15.9 Å². The number of carbonyl (C=O) groups is 2. The summed E-state index contributed by atoms with van der Waals surface area (Å²) in [5.41, 5.74) is -0.613. The van der Waals surface area contributed by atoms with E-state index in [1.54, 1.807) is 0 Å². The van der Waals surface area contributed by atoms with Crippen LogP contribution in [-0.2, 0) is 11.0 Å². The Morgan fingerprint density at radius 1 is 1.04 bits per heavy atom. The summed E-state index contributed by atoms with van der Waals surface area (Å²) in [7, 11) is 2.82. The third-order valence-corrected chi connectivity index (χ3v) is 3.93. The zero-order valence-electron chi connectivity index (χ0n) is 14.8. The number of hydrogen-bond donors (Lipinski definition) is 2. The van der Waals surface area contributed by atoms with Crippen molar-refractivity contribution in [1.29, 1.82) is 0 Å². The Labute approximate surface area is 163 Å². The molecule has 2 aromatic carbocycles. The fourth-order valence-corrected chi connectivity index (χ4v) is 2.47. The second-order valence-electron chi connectivity index (χ2n) is 5.49. The summed E-state index contributed by atoms with van der Waals surface area (Å²) in [5.74, 6) is -0.626. The first kappa shape index (κ1) is 21.4. The average molecular weight is 417 g/mol. The number of anilines is 1. The van der Waals surface area contributed by atoms with Crippen LogP contribution in [0.15, 0.2) is 36.4 Å². The van der Waals surface area contributed by atoms with E-state index in [9.17, 15) is 22.8 Å². The van der Waals surface area contributed by atoms with E-state index in [0.29, 0.717) is 11.5 Å². The second kappa shape index (κ2) is 8.83. The van der Waals surface area contributed by atoms with E-state index in [0.717, 1.165) is 24.3 Å². The number of carbonyl (C=O) groups excluding carboxylic acids is 2. The lowest BCUT2D eigenvalue weighted by molar-refractivity contribution is -0.137. The maximum Gasteiger partial charge on any atom is 0.416 e. The zero-order valence-corrected chi connectivity index (χ0v) is 15.6. The van der Waals surface area contributed by atoms with Crippen molar-refractivity contribution in [2.75, 3.05) is 26.1 Å². The van der Waals surface area contributed by atoms with Gasteiger partial charge in [-0.2, -0.15) is 13.2 Å². The summed E-state index contributed by atoms with van der Waals surface area (Å²) >= 11 is 6.01. The minimum Gasteiger partial charge on any atom is -0.495 e. The van der Waals surface area contributed by atoms with Crippen molar-refractivity contribution >= 4 is 29.1 Å². The number of benzene rings is 2. The Balaban J connectivity index is 1.99. The Morgan fingerprint density at radius 2 is 1.64 bits per heavy atom. The standard InChI is InChI=1S/C18H16ClF3N2O4/c1-27-14-8-15(28-2)13(7-12(14)19)24-16(25)9-23-17(26)10-3-5-11(6-4-10)18(20,21)22/h3-8H,9H2,1-2H3,(H,23,26)(H,24,25). The number of ether oxygens (including phenoxy) is 2. The third-order valence-electron chi connectivity index (χ3n) is 3.63. The lowest BCUT2D eigenvalue weighted by atomic mass is 10.1. The van der Waals surface area contributed by atoms with Crippen LogP contribution < -0.4 is 20.1 Å². The number of halogens is 4. The number of nitrogens with one attached hydrogen (secondary N) is 2. The highest BCUT2D eigenvalue weighted by Crippen LogP contribution is 2.35. The molecule has 0 atom stereocenters. The normalized spacial score (nSPS) is 10.9. The van der Waals surface area contributed by atoms with Crippen LogP contribution in [0.2, 0.25) is 5.02 Å². The number of hydrogen-bond acceptors (Lipinski definition) is 4. The minimum atomic E-state index is -4.49. The fraction of sp³-hybridized carbons (Fsp3) is 0.222. The van der Waals surface area contributed by atoms with Gasteiger partial charge in [-0.15, -0.1) is 0 Å². The molecule has 150 valence electrons. The van der Waals surface area contributed by atoms with E-state index in [1.807, 2.05) is 0 Å². The molecule has 0 saturated carbocycles. The van der Waals surface area contributed by atoms with Gasteiger partial charge in [0.25, 0.3) is 5.91 Å². The zero-order chi connectivity index (χ0) is 20.9. The molecule has 0 aliphatic carbocycles. The van der Waals surface area contributed by atoms with Gasteiger partial charge < -0.3 is 20.1 Å². The molecule has 2 rings (SSSR count). The summed E-state index contributed by atoms with van der Waals surface area (Å²) in [4.78, 5) is 24.1. The van der Waals surface area contributed by atoms with Crippen LogP contribution in [0.4, 0.5) is 18.9 Å². The van der Waals surface area contributed by atoms with Crippen LogP contribution in [0, 0.1) is 0 Å². The van der Waals surface area contributed by atoms with Crippen molar-refractivity contribution in [2.24, 2.45) is 0 Å². The largest absolute Gasteiger partial charge is 0.495 e. The molecule has 0 spiro atoms. The summed E-state index contributed by atoms with van der Waals surface area (Å²) in [5, 5.41) is 5.09. The number of methoxy groups -OCH3 is 2. The number of alkyl halides is 3. The molecular weight excluding hydrogens is 401 g/mol. The van der Waals surface area contributed by atoms with Crippen LogP contribution in [-0.4, -0.2) is 32.6 Å². The molecule has 0 fully saturated rings. The summed E-state index contributed by atoms with van der Waals surface area (Å²) < 4.78 is 47.8. The van der Waals surface area contributed by atoms with E-state index in [4.69, 9.17) is 21.1 Å². The van der Waals surface area contributed by atoms with E-state index < -0.39 is 30.1 Å². The van der Waals surface area contributed by atoms with E-state index in [-0.39, 0.29) is 16.3 Å². The predicted octanol–water partition coefficient (Wildman–Crippen LogP) is 3.74. The highest BCUT2D eigenvalue weighted by molar-refractivity contribution is 6.32. The van der Waals surface area contributed by atoms with Crippen LogP contribution in [0.5, 0.6) is 11.5 Å². The summed E-state index contributed by atoms with van der Waals surface area (Å²) in [6.07, 6.45) is -4.49. The Morgan fingerprint density at radius 3 is 2.18 bits per heavy atom. The lowest BCUT2D eigenvalue weighted by Gasteiger charge is -2.13. The van der Waals surface area contributed by atoms with Crippen molar-refractivity contribution in [1.82, 2.24) is 5.32 Å². The van der Waals surface area contributed by atoms with Gasteiger partial charge in [0.15, 0.2) is 0 Å². The average Bonchev–Trinajstić information content (AvgIpc) is 2.65. The van der Waals surface area contributed by atoms with Gasteiger partial charge in [0.2, 0.25) is 5.91 Å². The quantitative estimate of drug-likeness (QED) is 0.752. The minimum absolute atomic E-state index is 0.00845. The molecule has 2 aromatic rings. The maximum atomic E-state index is 12.5. The van der Waals surface area contributed by atoms with E-state index >= 15 is 0 Å². The van der Waals surface area contributed by atoms with Gasteiger partial charge in [-0.25, -0.2) is 0 Å². The molecule has 0 aliphatic rings. The molecule has 28 heavy (non-hydrogen) atoms. The van der Waals surface area contributed by atoms with Crippen molar-refractivity contribution in [3.8, 4) is 11.5 Å². The monoisotopic (exact) mass is 416 g/mol. The Hall–Kier alpha value is -2.94. The molecule has 0 aliphatic heterocycles. The number of rotatable bonds is 6. The van der Waals surface area contributed by atoms with E-state index in [2.05, 4.69) is 10.6 Å². The summed E-state index contributed by atoms with van der Waals surface area (Å²) in [6.45, 7) is -0.410. The molecule has 0 radical (unpaired) electrons.